The predicted octanol–water partition coefficient (Wildman–Crippen LogP) is 1.49. The van der Waals surface area contributed by atoms with Gasteiger partial charge in [-0.3, -0.25) is 4.79 Å². The zero-order chi connectivity index (χ0) is 13.1. The number of halogens is 1. The molecule has 18 heavy (non-hydrogen) atoms. The van der Waals surface area contributed by atoms with Crippen molar-refractivity contribution in [2.24, 2.45) is 11.8 Å². The Morgan fingerprint density at radius 1 is 1.56 bits per heavy atom. The first-order valence-corrected chi connectivity index (χ1v) is 5.83. The molecule has 2 atom stereocenters. The Morgan fingerprint density at radius 2 is 2.33 bits per heavy atom. The Hall–Kier alpha value is -1.93. The van der Waals surface area contributed by atoms with Crippen molar-refractivity contribution in [3.63, 3.8) is 0 Å². The van der Waals surface area contributed by atoms with E-state index in [0.29, 0.717) is 6.54 Å². The molecule has 0 bridgehead atoms. The summed E-state index contributed by atoms with van der Waals surface area (Å²) in [5.74, 6) is -0.689. The molecule has 2 N–H and O–H groups in total. The second-order valence-corrected chi connectivity index (χ2v) is 4.51. The Bertz CT molecular complexity index is 509. The number of carbonyl (C=O) groups is 1. The summed E-state index contributed by atoms with van der Waals surface area (Å²) in [5, 5.41) is 14.6. The van der Waals surface area contributed by atoms with Crippen molar-refractivity contribution in [1.82, 2.24) is 5.32 Å². The molecule has 1 aromatic carbocycles. The highest BCUT2D eigenvalue weighted by Gasteiger charge is 2.29. The van der Waals surface area contributed by atoms with Gasteiger partial charge in [0.2, 0.25) is 5.91 Å². The lowest BCUT2D eigenvalue weighted by Gasteiger charge is -2.14. The SMILES string of the molecule is C[C@@H]1CNC[C@H]1C(=O)Nc1cccc(F)c1C#N. The molecule has 1 fully saturated rings. The van der Waals surface area contributed by atoms with E-state index >= 15 is 0 Å². The molecule has 4 nitrogen and oxygen atoms in total. The van der Waals surface area contributed by atoms with Crippen LogP contribution in [-0.4, -0.2) is 19.0 Å². The lowest BCUT2D eigenvalue weighted by molar-refractivity contribution is -0.120. The molecule has 2 rings (SSSR count). The van der Waals surface area contributed by atoms with Gasteiger partial charge in [0.25, 0.3) is 0 Å². The fourth-order valence-corrected chi connectivity index (χ4v) is 2.13. The molecule has 5 heteroatoms. The monoisotopic (exact) mass is 247 g/mol. The van der Waals surface area contributed by atoms with Crippen molar-refractivity contribution in [3.05, 3.63) is 29.6 Å². The van der Waals surface area contributed by atoms with Crippen molar-refractivity contribution in [3.8, 4) is 6.07 Å². The van der Waals surface area contributed by atoms with Crippen molar-refractivity contribution in [2.75, 3.05) is 18.4 Å². The number of nitrogens with one attached hydrogen (secondary N) is 2. The highest BCUT2D eigenvalue weighted by Crippen LogP contribution is 2.21. The first kappa shape index (κ1) is 12.5. The minimum absolute atomic E-state index is 0.121. The maximum absolute atomic E-state index is 13.4. The van der Waals surface area contributed by atoms with Gasteiger partial charge in [-0.2, -0.15) is 5.26 Å². The van der Waals surface area contributed by atoms with E-state index in [-0.39, 0.29) is 29.0 Å². The molecule has 0 aliphatic carbocycles. The predicted molar refractivity (Wildman–Crippen MR) is 65.3 cm³/mol. The second kappa shape index (κ2) is 5.15. The van der Waals surface area contributed by atoms with Crippen LogP contribution in [0.1, 0.15) is 12.5 Å². The quantitative estimate of drug-likeness (QED) is 0.832. The molecule has 1 aromatic rings. The van der Waals surface area contributed by atoms with Crippen LogP contribution in [0.3, 0.4) is 0 Å². The van der Waals surface area contributed by atoms with Gasteiger partial charge in [0.15, 0.2) is 0 Å². The first-order chi connectivity index (χ1) is 8.63. The van der Waals surface area contributed by atoms with Gasteiger partial charge >= 0.3 is 0 Å². The van der Waals surface area contributed by atoms with E-state index < -0.39 is 5.82 Å². The lowest BCUT2D eigenvalue weighted by Crippen LogP contribution is -2.28. The maximum Gasteiger partial charge on any atom is 0.229 e. The molecule has 1 aliphatic heterocycles. The summed E-state index contributed by atoms with van der Waals surface area (Å²) in [6, 6.07) is 5.98. The number of hydrogen-bond donors (Lipinski definition) is 2. The second-order valence-electron chi connectivity index (χ2n) is 4.51. The van der Waals surface area contributed by atoms with Crippen molar-refractivity contribution >= 4 is 11.6 Å². The number of nitrogens with zero attached hydrogens (tertiary/aromatic N) is 1. The highest BCUT2D eigenvalue weighted by molar-refractivity contribution is 5.94. The van der Waals surface area contributed by atoms with Gasteiger partial charge in [0, 0.05) is 6.54 Å². The van der Waals surface area contributed by atoms with E-state index in [1.165, 1.54) is 18.2 Å². The summed E-state index contributed by atoms with van der Waals surface area (Å²) in [6.45, 7) is 3.40. The normalized spacial score (nSPS) is 22.5. The Labute approximate surface area is 105 Å². The number of anilines is 1. The fourth-order valence-electron chi connectivity index (χ4n) is 2.13. The molecule has 1 heterocycles. The summed E-state index contributed by atoms with van der Waals surface area (Å²) < 4.78 is 13.4. The molecular formula is C13H14FN3O. The van der Waals surface area contributed by atoms with Crippen LogP contribution in [0.2, 0.25) is 0 Å². The number of rotatable bonds is 2. The summed E-state index contributed by atoms with van der Waals surface area (Å²) in [4.78, 5) is 12.0. The first-order valence-electron chi connectivity index (χ1n) is 5.83. The topological polar surface area (TPSA) is 64.9 Å². The summed E-state index contributed by atoms with van der Waals surface area (Å²) in [5.41, 5.74) is 0.117. The molecule has 94 valence electrons. The van der Waals surface area contributed by atoms with Crippen LogP contribution < -0.4 is 10.6 Å². The van der Waals surface area contributed by atoms with Gasteiger partial charge in [-0.25, -0.2) is 4.39 Å². The van der Waals surface area contributed by atoms with Crippen LogP contribution in [0.5, 0.6) is 0 Å². The summed E-state index contributed by atoms with van der Waals surface area (Å²) in [6.07, 6.45) is 0. The third-order valence-corrected chi connectivity index (χ3v) is 3.24. The van der Waals surface area contributed by atoms with Gasteiger partial charge in [0.1, 0.15) is 17.4 Å². The molecule has 0 spiro atoms. The molecule has 0 aromatic heterocycles. The molecule has 1 saturated heterocycles. The highest BCUT2D eigenvalue weighted by atomic mass is 19.1. The third kappa shape index (κ3) is 2.34. The van der Waals surface area contributed by atoms with Crippen LogP contribution in [0.15, 0.2) is 18.2 Å². The van der Waals surface area contributed by atoms with E-state index in [1.54, 1.807) is 6.07 Å². The van der Waals surface area contributed by atoms with Crippen LogP contribution in [0.25, 0.3) is 0 Å². The number of amides is 1. The molecule has 0 unspecified atom stereocenters. The smallest absolute Gasteiger partial charge is 0.229 e. The van der Waals surface area contributed by atoms with Crippen LogP contribution in [-0.2, 0) is 4.79 Å². The largest absolute Gasteiger partial charge is 0.325 e. The zero-order valence-electron chi connectivity index (χ0n) is 10.0. The van der Waals surface area contributed by atoms with E-state index in [0.717, 1.165) is 6.54 Å². The van der Waals surface area contributed by atoms with E-state index in [9.17, 15) is 9.18 Å². The number of benzene rings is 1. The Balaban J connectivity index is 2.17. The van der Waals surface area contributed by atoms with E-state index in [4.69, 9.17) is 5.26 Å². The average Bonchev–Trinajstić information content (AvgIpc) is 2.76. The standard InChI is InChI=1S/C13H14FN3O/c1-8-6-16-7-10(8)13(18)17-12-4-2-3-11(14)9(12)5-15/h2-4,8,10,16H,6-7H2,1H3,(H,17,18)/t8-,10-/m1/s1. The maximum atomic E-state index is 13.4. The minimum Gasteiger partial charge on any atom is -0.325 e. The Kier molecular flexibility index (Phi) is 3.58. The number of hydrogen-bond acceptors (Lipinski definition) is 3. The number of nitriles is 1. The van der Waals surface area contributed by atoms with Crippen LogP contribution in [0.4, 0.5) is 10.1 Å². The molecular weight excluding hydrogens is 233 g/mol. The van der Waals surface area contributed by atoms with Gasteiger partial charge in [-0.1, -0.05) is 13.0 Å². The zero-order valence-corrected chi connectivity index (χ0v) is 10.0. The van der Waals surface area contributed by atoms with Crippen molar-refractivity contribution < 1.29 is 9.18 Å². The van der Waals surface area contributed by atoms with Crippen LogP contribution >= 0.6 is 0 Å². The van der Waals surface area contributed by atoms with Gasteiger partial charge in [-0.05, 0) is 24.6 Å². The van der Waals surface area contributed by atoms with Crippen molar-refractivity contribution in [2.45, 2.75) is 6.92 Å². The van der Waals surface area contributed by atoms with Gasteiger partial charge in [0.05, 0.1) is 11.6 Å². The van der Waals surface area contributed by atoms with Gasteiger partial charge < -0.3 is 10.6 Å². The minimum atomic E-state index is -0.618. The lowest BCUT2D eigenvalue weighted by atomic mass is 9.97. The molecule has 0 saturated carbocycles. The fraction of sp³-hybridized carbons (Fsp3) is 0.385. The Morgan fingerprint density at radius 3 is 2.94 bits per heavy atom. The van der Waals surface area contributed by atoms with E-state index in [2.05, 4.69) is 10.6 Å². The van der Waals surface area contributed by atoms with Crippen LogP contribution in [0, 0.1) is 29.0 Å². The van der Waals surface area contributed by atoms with Gasteiger partial charge in [-0.15, -0.1) is 0 Å². The third-order valence-electron chi connectivity index (χ3n) is 3.24. The van der Waals surface area contributed by atoms with Crippen molar-refractivity contribution in [1.29, 1.82) is 5.26 Å². The molecule has 1 amide bonds. The van der Waals surface area contributed by atoms with E-state index in [1.807, 2.05) is 6.92 Å². The number of carbonyl (C=O) groups excluding carboxylic acids is 1. The molecule has 0 radical (unpaired) electrons. The summed E-state index contributed by atoms with van der Waals surface area (Å²) in [7, 11) is 0. The average molecular weight is 247 g/mol. The summed E-state index contributed by atoms with van der Waals surface area (Å²) >= 11 is 0. The molecule has 1 aliphatic rings.